The molecule has 0 aliphatic rings. The Morgan fingerprint density at radius 3 is 2.17 bits per heavy atom. The Morgan fingerprint density at radius 2 is 1.78 bits per heavy atom. The molecule has 0 bridgehead atoms. The van der Waals surface area contributed by atoms with E-state index >= 15 is 0 Å². The van der Waals surface area contributed by atoms with Gasteiger partial charge >= 0.3 is 6.18 Å². The summed E-state index contributed by atoms with van der Waals surface area (Å²) in [5.41, 5.74) is -0.659. The molecule has 0 aliphatic heterocycles. The van der Waals surface area contributed by atoms with Crippen LogP contribution in [0.1, 0.15) is 25.8 Å². The Labute approximate surface area is 133 Å². The second-order valence-corrected chi connectivity index (χ2v) is 7.12. The third-order valence-corrected chi connectivity index (χ3v) is 4.64. The van der Waals surface area contributed by atoms with Crippen LogP contribution < -0.4 is 5.32 Å². The van der Waals surface area contributed by atoms with Crippen LogP contribution >= 0.6 is 0 Å². The zero-order chi connectivity index (χ0) is 17.8. The molecular formula is C14H19F3N2O3S. The van der Waals surface area contributed by atoms with E-state index in [0.29, 0.717) is 6.42 Å². The largest absolute Gasteiger partial charge is 0.416 e. The van der Waals surface area contributed by atoms with Crippen molar-refractivity contribution >= 4 is 21.6 Å². The molecule has 1 aromatic carbocycles. The van der Waals surface area contributed by atoms with E-state index < -0.39 is 34.2 Å². The van der Waals surface area contributed by atoms with Crippen LogP contribution in [0.3, 0.4) is 0 Å². The fraction of sp³-hybridized carbons (Fsp3) is 0.500. The van der Waals surface area contributed by atoms with E-state index in [4.69, 9.17) is 0 Å². The zero-order valence-corrected chi connectivity index (χ0v) is 13.8. The zero-order valence-electron chi connectivity index (χ0n) is 13.0. The van der Waals surface area contributed by atoms with E-state index in [1.54, 1.807) is 13.8 Å². The molecule has 1 atom stereocenters. The van der Waals surface area contributed by atoms with Crippen LogP contribution in [0, 0.1) is 0 Å². The summed E-state index contributed by atoms with van der Waals surface area (Å²) in [6, 6.07) is 3.57. The second-order valence-electron chi connectivity index (χ2n) is 5.19. The maximum Gasteiger partial charge on any atom is 0.416 e. The molecule has 0 radical (unpaired) electrons. The molecule has 1 amide bonds. The van der Waals surface area contributed by atoms with Crippen LogP contribution in [-0.2, 0) is 21.0 Å². The Kier molecular flexibility index (Phi) is 6.18. The molecular weight excluding hydrogens is 333 g/mol. The van der Waals surface area contributed by atoms with Crippen molar-refractivity contribution in [2.45, 2.75) is 32.5 Å². The quantitative estimate of drug-likeness (QED) is 0.856. The van der Waals surface area contributed by atoms with Gasteiger partial charge < -0.3 is 5.32 Å². The van der Waals surface area contributed by atoms with Gasteiger partial charge in [0.1, 0.15) is 0 Å². The van der Waals surface area contributed by atoms with Crippen molar-refractivity contribution in [1.82, 2.24) is 4.31 Å². The van der Waals surface area contributed by atoms with E-state index in [9.17, 15) is 26.4 Å². The van der Waals surface area contributed by atoms with Crippen molar-refractivity contribution in [1.29, 1.82) is 0 Å². The number of nitrogens with one attached hydrogen (secondary N) is 1. The molecule has 1 N–H and O–H groups in total. The van der Waals surface area contributed by atoms with E-state index in [1.807, 2.05) is 0 Å². The van der Waals surface area contributed by atoms with Gasteiger partial charge in [-0.3, -0.25) is 4.79 Å². The number of alkyl halides is 3. The number of carbonyl (C=O) groups excluding carboxylic acids is 1. The Bertz CT molecular complexity index is 642. The molecule has 0 fully saturated rings. The summed E-state index contributed by atoms with van der Waals surface area (Å²) in [6.45, 7) is 3.07. The average molecular weight is 352 g/mol. The monoisotopic (exact) mass is 352 g/mol. The highest BCUT2D eigenvalue weighted by Crippen LogP contribution is 2.29. The number of amides is 1. The van der Waals surface area contributed by atoms with Crippen molar-refractivity contribution in [3.63, 3.8) is 0 Å². The number of nitrogens with zero attached hydrogens (tertiary/aromatic N) is 1. The van der Waals surface area contributed by atoms with E-state index in [2.05, 4.69) is 5.32 Å². The predicted octanol–water partition coefficient (Wildman–Crippen LogP) is 2.70. The SMILES string of the molecule is CCC(C)N(CC(=O)Nc1ccc(C(F)(F)F)cc1)S(C)(=O)=O. The molecule has 0 saturated carbocycles. The molecule has 5 nitrogen and oxygen atoms in total. The first kappa shape index (κ1) is 19.4. The standard InChI is InChI=1S/C14H19F3N2O3S/c1-4-10(2)19(23(3,21)22)9-13(20)18-12-7-5-11(6-8-12)14(15,16)17/h5-8,10H,4,9H2,1-3H3,(H,18,20). The van der Waals surface area contributed by atoms with E-state index in [0.717, 1.165) is 34.8 Å². The van der Waals surface area contributed by atoms with Crippen molar-refractivity contribution in [3.8, 4) is 0 Å². The number of rotatable bonds is 6. The third-order valence-electron chi connectivity index (χ3n) is 3.30. The van der Waals surface area contributed by atoms with Gasteiger partial charge in [0.15, 0.2) is 0 Å². The van der Waals surface area contributed by atoms with Gasteiger partial charge in [0.2, 0.25) is 15.9 Å². The van der Waals surface area contributed by atoms with Crippen molar-refractivity contribution in [2.75, 3.05) is 18.1 Å². The first-order valence-corrected chi connectivity index (χ1v) is 8.74. The lowest BCUT2D eigenvalue weighted by molar-refractivity contribution is -0.137. The molecule has 1 unspecified atom stereocenters. The highest BCUT2D eigenvalue weighted by Gasteiger charge is 2.30. The van der Waals surface area contributed by atoms with Gasteiger partial charge in [-0.2, -0.15) is 17.5 Å². The lowest BCUT2D eigenvalue weighted by atomic mass is 10.2. The number of halogens is 3. The maximum absolute atomic E-state index is 12.5. The van der Waals surface area contributed by atoms with Crippen molar-refractivity contribution < 1.29 is 26.4 Å². The van der Waals surface area contributed by atoms with Crippen LogP contribution in [0.2, 0.25) is 0 Å². The molecule has 130 valence electrons. The molecule has 1 rings (SSSR count). The van der Waals surface area contributed by atoms with Crippen LogP contribution in [0.15, 0.2) is 24.3 Å². The lowest BCUT2D eigenvalue weighted by Gasteiger charge is -2.25. The van der Waals surface area contributed by atoms with Crippen molar-refractivity contribution in [3.05, 3.63) is 29.8 Å². The second kappa shape index (κ2) is 7.31. The molecule has 0 saturated heterocycles. The first-order valence-electron chi connectivity index (χ1n) is 6.89. The lowest BCUT2D eigenvalue weighted by Crippen LogP contribution is -2.42. The third kappa shape index (κ3) is 5.83. The molecule has 9 heteroatoms. The first-order chi connectivity index (χ1) is 10.4. The number of carbonyl (C=O) groups is 1. The molecule has 0 spiro atoms. The fourth-order valence-corrected chi connectivity index (χ4v) is 3.04. The summed E-state index contributed by atoms with van der Waals surface area (Å²) in [4.78, 5) is 11.9. The van der Waals surface area contributed by atoms with Crippen molar-refractivity contribution in [2.24, 2.45) is 0 Å². The van der Waals surface area contributed by atoms with Gasteiger partial charge in [0.05, 0.1) is 18.4 Å². The number of hydrogen-bond donors (Lipinski definition) is 1. The normalized spacial score (nSPS) is 13.9. The van der Waals surface area contributed by atoms with Gasteiger partial charge in [-0.05, 0) is 37.6 Å². The van der Waals surface area contributed by atoms with Gasteiger partial charge in [-0.1, -0.05) is 6.92 Å². The Morgan fingerprint density at radius 1 is 1.26 bits per heavy atom. The molecule has 1 aromatic rings. The number of anilines is 1. The minimum atomic E-state index is -4.45. The molecule has 23 heavy (non-hydrogen) atoms. The summed E-state index contributed by atoms with van der Waals surface area (Å²) in [6.07, 6.45) is -2.92. The maximum atomic E-state index is 12.5. The summed E-state index contributed by atoms with van der Waals surface area (Å²) < 4.78 is 61.8. The molecule has 0 aliphatic carbocycles. The van der Waals surface area contributed by atoms with Gasteiger partial charge in [-0.25, -0.2) is 8.42 Å². The van der Waals surface area contributed by atoms with Gasteiger partial charge in [0.25, 0.3) is 0 Å². The van der Waals surface area contributed by atoms with Crippen LogP contribution in [0.5, 0.6) is 0 Å². The summed E-state index contributed by atoms with van der Waals surface area (Å²) in [5.74, 6) is -0.615. The highest BCUT2D eigenvalue weighted by atomic mass is 32.2. The summed E-state index contributed by atoms with van der Waals surface area (Å²) in [7, 11) is -3.57. The Balaban J connectivity index is 2.79. The van der Waals surface area contributed by atoms with Gasteiger partial charge in [-0.15, -0.1) is 0 Å². The molecule has 0 heterocycles. The minimum Gasteiger partial charge on any atom is -0.325 e. The Hall–Kier alpha value is -1.61. The predicted molar refractivity (Wildman–Crippen MR) is 81.4 cm³/mol. The number of hydrogen-bond acceptors (Lipinski definition) is 3. The molecule has 0 aromatic heterocycles. The van der Waals surface area contributed by atoms with E-state index in [-0.39, 0.29) is 11.7 Å². The summed E-state index contributed by atoms with van der Waals surface area (Å²) in [5, 5.41) is 2.39. The van der Waals surface area contributed by atoms with Crippen LogP contribution in [-0.4, -0.2) is 37.5 Å². The van der Waals surface area contributed by atoms with Gasteiger partial charge in [0, 0.05) is 11.7 Å². The number of benzene rings is 1. The van der Waals surface area contributed by atoms with Crippen LogP contribution in [0.25, 0.3) is 0 Å². The number of sulfonamides is 1. The smallest absolute Gasteiger partial charge is 0.325 e. The minimum absolute atomic E-state index is 0.167. The topological polar surface area (TPSA) is 66.5 Å². The van der Waals surface area contributed by atoms with Crippen LogP contribution in [0.4, 0.5) is 18.9 Å². The summed E-state index contributed by atoms with van der Waals surface area (Å²) >= 11 is 0. The fourth-order valence-electron chi connectivity index (χ4n) is 1.89. The average Bonchev–Trinajstić information content (AvgIpc) is 2.42. The highest BCUT2D eigenvalue weighted by molar-refractivity contribution is 7.88. The van der Waals surface area contributed by atoms with E-state index in [1.165, 1.54) is 0 Å².